The van der Waals surface area contributed by atoms with Crippen LogP contribution in [0.15, 0.2) is 36.7 Å². The van der Waals surface area contributed by atoms with Gasteiger partial charge in [-0.2, -0.15) is 0 Å². The maximum absolute atomic E-state index is 12.2. The molecule has 1 aliphatic rings. The number of benzene rings is 1. The van der Waals surface area contributed by atoms with Crippen molar-refractivity contribution in [3.8, 4) is 0 Å². The first-order chi connectivity index (χ1) is 10.2. The van der Waals surface area contributed by atoms with E-state index < -0.39 is 0 Å². The van der Waals surface area contributed by atoms with Gasteiger partial charge in [0.05, 0.1) is 0 Å². The van der Waals surface area contributed by atoms with Gasteiger partial charge in [0.2, 0.25) is 5.95 Å². The molecule has 1 aliphatic heterocycles. The second kappa shape index (κ2) is 5.99. The standard InChI is InChI=1S/C16H20N4O/c1-19-12-9-17-16(19)18-15(21)13-5-7-14(8-6-13)20-10-3-2-4-11-20/h5-9,12H,2-4,10-11H2,1H3,(H,17,18,21). The predicted molar refractivity (Wildman–Crippen MR) is 83.7 cm³/mol. The number of piperidine rings is 1. The molecule has 1 fully saturated rings. The highest BCUT2D eigenvalue weighted by molar-refractivity contribution is 6.03. The van der Waals surface area contributed by atoms with Crippen LogP contribution in [-0.2, 0) is 7.05 Å². The average Bonchev–Trinajstić information content (AvgIpc) is 2.93. The molecule has 0 atom stereocenters. The minimum atomic E-state index is -0.130. The molecule has 0 spiro atoms. The molecule has 3 rings (SSSR count). The molecular formula is C16H20N4O. The van der Waals surface area contributed by atoms with Crippen molar-refractivity contribution in [2.75, 3.05) is 23.3 Å². The Kier molecular flexibility index (Phi) is 3.90. The van der Waals surface area contributed by atoms with Crippen molar-refractivity contribution in [1.29, 1.82) is 0 Å². The average molecular weight is 284 g/mol. The van der Waals surface area contributed by atoms with E-state index in [1.54, 1.807) is 17.0 Å². The maximum atomic E-state index is 12.2. The van der Waals surface area contributed by atoms with Crippen LogP contribution in [0.2, 0.25) is 0 Å². The summed E-state index contributed by atoms with van der Waals surface area (Å²) < 4.78 is 1.78. The fraction of sp³-hybridized carbons (Fsp3) is 0.375. The van der Waals surface area contributed by atoms with E-state index in [4.69, 9.17) is 0 Å². The fourth-order valence-corrected chi connectivity index (χ4v) is 2.64. The highest BCUT2D eigenvalue weighted by Gasteiger charge is 2.12. The van der Waals surface area contributed by atoms with Gasteiger partial charge in [0.25, 0.3) is 5.91 Å². The fourth-order valence-electron chi connectivity index (χ4n) is 2.64. The first-order valence-electron chi connectivity index (χ1n) is 7.38. The molecule has 1 N–H and O–H groups in total. The van der Waals surface area contributed by atoms with E-state index in [9.17, 15) is 4.79 Å². The van der Waals surface area contributed by atoms with Gasteiger partial charge >= 0.3 is 0 Å². The van der Waals surface area contributed by atoms with Gasteiger partial charge < -0.3 is 9.47 Å². The van der Waals surface area contributed by atoms with Crippen molar-refractivity contribution < 1.29 is 4.79 Å². The number of hydrogen-bond acceptors (Lipinski definition) is 3. The molecule has 5 nitrogen and oxygen atoms in total. The molecule has 1 amide bonds. The second-order valence-electron chi connectivity index (χ2n) is 5.41. The van der Waals surface area contributed by atoms with E-state index in [-0.39, 0.29) is 5.91 Å². The molecule has 0 saturated carbocycles. The van der Waals surface area contributed by atoms with Crippen LogP contribution < -0.4 is 10.2 Å². The molecule has 2 aromatic rings. The van der Waals surface area contributed by atoms with E-state index in [2.05, 4.69) is 15.2 Å². The monoisotopic (exact) mass is 284 g/mol. The van der Waals surface area contributed by atoms with Crippen molar-refractivity contribution >= 4 is 17.5 Å². The third-order valence-electron chi connectivity index (χ3n) is 3.90. The molecular weight excluding hydrogens is 264 g/mol. The van der Waals surface area contributed by atoms with Crippen molar-refractivity contribution in [3.63, 3.8) is 0 Å². The second-order valence-corrected chi connectivity index (χ2v) is 5.41. The van der Waals surface area contributed by atoms with E-state index >= 15 is 0 Å². The van der Waals surface area contributed by atoms with Crippen LogP contribution in [0.4, 0.5) is 11.6 Å². The number of rotatable bonds is 3. The third-order valence-corrected chi connectivity index (χ3v) is 3.90. The zero-order valence-corrected chi connectivity index (χ0v) is 12.2. The zero-order valence-electron chi connectivity index (χ0n) is 12.2. The number of nitrogens with zero attached hydrogens (tertiary/aromatic N) is 3. The number of carbonyl (C=O) groups excluding carboxylic acids is 1. The Morgan fingerprint density at radius 1 is 1.14 bits per heavy atom. The number of aryl methyl sites for hydroxylation is 1. The van der Waals surface area contributed by atoms with Gasteiger partial charge in [-0.05, 0) is 43.5 Å². The summed E-state index contributed by atoms with van der Waals surface area (Å²) >= 11 is 0. The molecule has 0 bridgehead atoms. The Morgan fingerprint density at radius 3 is 2.48 bits per heavy atom. The number of carbonyl (C=O) groups is 1. The maximum Gasteiger partial charge on any atom is 0.257 e. The summed E-state index contributed by atoms with van der Waals surface area (Å²) in [4.78, 5) is 18.6. The highest BCUT2D eigenvalue weighted by atomic mass is 16.1. The third kappa shape index (κ3) is 3.07. The van der Waals surface area contributed by atoms with E-state index in [1.165, 1.54) is 24.9 Å². The van der Waals surface area contributed by atoms with Crippen LogP contribution in [0.5, 0.6) is 0 Å². The summed E-state index contributed by atoms with van der Waals surface area (Å²) in [6, 6.07) is 7.81. The molecule has 1 aromatic carbocycles. The number of hydrogen-bond donors (Lipinski definition) is 1. The molecule has 0 unspecified atom stereocenters. The largest absolute Gasteiger partial charge is 0.372 e. The van der Waals surface area contributed by atoms with Crippen LogP contribution in [0, 0.1) is 0 Å². The Hall–Kier alpha value is -2.30. The SMILES string of the molecule is Cn1ccnc1NC(=O)c1ccc(N2CCCCC2)cc1. The summed E-state index contributed by atoms with van der Waals surface area (Å²) in [5.74, 6) is 0.426. The quantitative estimate of drug-likeness (QED) is 0.942. The van der Waals surface area contributed by atoms with Crippen LogP contribution in [0.3, 0.4) is 0 Å². The molecule has 1 saturated heterocycles. The number of imidazole rings is 1. The van der Waals surface area contributed by atoms with E-state index in [0.29, 0.717) is 11.5 Å². The summed E-state index contributed by atoms with van der Waals surface area (Å²) in [6.07, 6.45) is 7.29. The minimum Gasteiger partial charge on any atom is -0.372 e. The van der Waals surface area contributed by atoms with Crippen LogP contribution >= 0.6 is 0 Å². The van der Waals surface area contributed by atoms with Gasteiger partial charge in [-0.25, -0.2) is 4.98 Å². The molecule has 1 aromatic heterocycles. The highest BCUT2D eigenvalue weighted by Crippen LogP contribution is 2.20. The molecule has 0 radical (unpaired) electrons. The lowest BCUT2D eigenvalue weighted by molar-refractivity contribution is 0.102. The van der Waals surface area contributed by atoms with Crippen molar-refractivity contribution in [1.82, 2.24) is 9.55 Å². The van der Waals surface area contributed by atoms with E-state index in [0.717, 1.165) is 13.1 Å². The Bertz CT molecular complexity index is 611. The topological polar surface area (TPSA) is 50.2 Å². The summed E-state index contributed by atoms with van der Waals surface area (Å²) in [5, 5.41) is 2.80. The minimum absolute atomic E-state index is 0.130. The lowest BCUT2D eigenvalue weighted by atomic mass is 10.1. The summed E-state index contributed by atoms with van der Waals surface area (Å²) in [6.45, 7) is 2.22. The van der Waals surface area contributed by atoms with Crippen LogP contribution in [-0.4, -0.2) is 28.5 Å². The zero-order chi connectivity index (χ0) is 14.7. The molecule has 21 heavy (non-hydrogen) atoms. The van der Waals surface area contributed by atoms with Crippen molar-refractivity contribution in [2.45, 2.75) is 19.3 Å². The Labute approximate surface area is 124 Å². The Morgan fingerprint density at radius 2 is 1.86 bits per heavy atom. The molecule has 5 heteroatoms. The molecule has 110 valence electrons. The predicted octanol–water partition coefficient (Wildman–Crippen LogP) is 2.66. The van der Waals surface area contributed by atoms with Gasteiger partial charge in [-0.15, -0.1) is 0 Å². The number of amides is 1. The molecule has 2 heterocycles. The number of aromatic nitrogens is 2. The van der Waals surface area contributed by atoms with Crippen LogP contribution in [0.1, 0.15) is 29.6 Å². The van der Waals surface area contributed by atoms with Crippen molar-refractivity contribution in [2.24, 2.45) is 7.05 Å². The summed E-state index contributed by atoms with van der Waals surface area (Å²) in [7, 11) is 1.85. The van der Waals surface area contributed by atoms with Gasteiger partial charge in [-0.1, -0.05) is 0 Å². The Balaban J connectivity index is 1.68. The van der Waals surface area contributed by atoms with Gasteiger partial charge in [0.15, 0.2) is 0 Å². The van der Waals surface area contributed by atoms with Gasteiger partial charge in [-0.3, -0.25) is 10.1 Å². The van der Waals surface area contributed by atoms with Crippen LogP contribution in [0.25, 0.3) is 0 Å². The first-order valence-corrected chi connectivity index (χ1v) is 7.38. The first kappa shape index (κ1) is 13.7. The van der Waals surface area contributed by atoms with Gasteiger partial charge in [0.1, 0.15) is 0 Å². The normalized spacial score (nSPS) is 15.0. The summed E-state index contributed by atoms with van der Waals surface area (Å²) in [5.41, 5.74) is 1.85. The van der Waals surface area contributed by atoms with E-state index in [1.807, 2.05) is 31.3 Å². The number of nitrogens with one attached hydrogen (secondary N) is 1. The lowest BCUT2D eigenvalue weighted by Crippen LogP contribution is -2.29. The smallest absolute Gasteiger partial charge is 0.257 e. The number of anilines is 2. The van der Waals surface area contributed by atoms with Gasteiger partial charge in [0, 0.05) is 43.8 Å². The molecule has 0 aliphatic carbocycles. The lowest BCUT2D eigenvalue weighted by Gasteiger charge is -2.28. The van der Waals surface area contributed by atoms with Crippen molar-refractivity contribution in [3.05, 3.63) is 42.2 Å².